The van der Waals surface area contributed by atoms with Crippen molar-refractivity contribution in [2.45, 2.75) is 39.3 Å². The molecule has 8 nitrogen and oxygen atoms in total. The molecule has 0 unspecified atom stereocenters. The number of hydrogen-bond acceptors (Lipinski definition) is 6. The van der Waals surface area contributed by atoms with Gasteiger partial charge in [0.2, 0.25) is 0 Å². The highest BCUT2D eigenvalue weighted by Gasteiger charge is 2.29. The quantitative estimate of drug-likeness (QED) is 0.766. The predicted octanol–water partition coefficient (Wildman–Crippen LogP) is 2.23. The number of aromatic nitrogens is 6. The minimum absolute atomic E-state index is 0.0709. The highest BCUT2D eigenvalue weighted by Crippen LogP contribution is 2.33. The van der Waals surface area contributed by atoms with Gasteiger partial charge in [-0.3, -0.25) is 9.08 Å². The van der Waals surface area contributed by atoms with Gasteiger partial charge in [-0.2, -0.15) is 5.10 Å². The molecule has 2 atom stereocenters. The molecule has 25 heavy (non-hydrogen) atoms. The molecule has 3 aromatic heterocycles. The van der Waals surface area contributed by atoms with E-state index >= 15 is 0 Å². The lowest BCUT2D eigenvalue weighted by Crippen LogP contribution is -2.30. The summed E-state index contributed by atoms with van der Waals surface area (Å²) in [6.07, 6.45) is 5.81. The summed E-state index contributed by atoms with van der Waals surface area (Å²) < 4.78 is 9.99. The summed E-state index contributed by atoms with van der Waals surface area (Å²) in [5, 5.41) is 15.9. The number of aryl methyl sites for hydroxylation is 2. The number of ether oxygens (including phenoxy) is 1. The Morgan fingerprint density at radius 2 is 2.32 bits per heavy atom. The lowest BCUT2D eigenvalue weighted by Gasteiger charge is -2.32. The van der Waals surface area contributed by atoms with Gasteiger partial charge in [0.15, 0.2) is 5.65 Å². The van der Waals surface area contributed by atoms with E-state index in [4.69, 9.17) is 4.74 Å². The molecule has 3 aromatic rings. The highest BCUT2D eigenvalue weighted by molar-refractivity contribution is 5.49. The van der Waals surface area contributed by atoms with Crippen molar-refractivity contribution in [3.05, 3.63) is 36.2 Å². The Kier molecular flexibility index (Phi) is 4.35. The van der Waals surface area contributed by atoms with Crippen LogP contribution < -0.4 is 5.32 Å². The maximum Gasteiger partial charge on any atom is 0.165 e. The van der Waals surface area contributed by atoms with E-state index in [1.54, 1.807) is 6.33 Å². The van der Waals surface area contributed by atoms with E-state index in [-0.39, 0.29) is 6.10 Å². The van der Waals surface area contributed by atoms with Gasteiger partial charge in [0.05, 0.1) is 5.69 Å². The van der Waals surface area contributed by atoms with E-state index < -0.39 is 0 Å². The molecule has 4 heterocycles. The monoisotopic (exact) mass is 341 g/mol. The van der Waals surface area contributed by atoms with Gasteiger partial charge in [0.25, 0.3) is 0 Å². The molecular formula is C17H23N7O. The van der Waals surface area contributed by atoms with E-state index in [2.05, 4.69) is 38.6 Å². The fourth-order valence-electron chi connectivity index (χ4n) is 3.53. The van der Waals surface area contributed by atoms with Crippen LogP contribution in [0.2, 0.25) is 0 Å². The van der Waals surface area contributed by atoms with E-state index in [0.717, 1.165) is 55.5 Å². The van der Waals surface area contributed by atoms with Crippen LogP contribution in [0.1, 0.15) is 37.4 Å². The van der Waals surface area contributed by atoms with Gasteiger partial charge in [0, 0.05) is 37.9 Å². The summed E-state index contributed by atoms with van der Waals surface area (Å²) in [6.45, 7) is 6.52. The highest BCUT2D eigenvalue weighted by atomic mass is 16.5. The molecule has 1 N–H and O–H groups in total. The van der Waals surface area contributed by atoms with E-state index in [9.17, 15) is 0 Å². The fourth-order valence-corrected chi connectivity index (χ4v) is 3.53. The first-order valence-corrected chi connectivity index (χ1v) is 8.81. The number of anilines is 1. The van der Waals surface area contributed by atoms with E-state index in [0.29, 0.717) is 5.92 Å². The summed E-state index contributed by atoms with van der Waals surface area (Å²) in [7, 11) is 0. The number of rotatable bonds is 5. The van der Waals surface area contributed by atoms with Crippen molar-refractivity contribution in [3.8, 4) is 0 Å². The van der Waals surface area contributed by atoms with Crippen LogP contribution in [0.25, 0.3) is 5.65 Å². The lowest BCUT2D eigenvalue weighted by molar-refractivity contribution is -0.0288. The molecule has 0 radical (unpaired) electrons. The zero-order valence-electron chi connectivity index (χ0n) is 14.6. The minimum Gasteiger partial charge on any atom is -0.372 e. The number of nitrogens with zero attached hydrogens (tertiary/aromatic N) is 6. The second kappa shape index (κ2) is 6.79. The minimum atomic E-state index is 0.0709. The molecule has 1 saturated heterocycles. The van der Waals surface area contributed by atoms with Crippen LogP contribution in [-0.4, -0.2) is 42.5 Å². The normalized spacial score (nSPS) is 20.9. The van der Waals surface area contributed by atoms with Gasteiger partial charge in [-0.15, -0.1) is 10.2 Å². The fraction of sp³-hybridized carbons (Fsp3) is 0.529. The van der Waals surface area contributed by atoms with E-state index in [1.165, 1.54) is 0 Å². The summed E-state index contributed by atoms with van der Waals surface area (Å²) >= 11 is 0. The van der Waals surface area contributed by atoms with Gasteiger partial charge in [0.1, 0.15) is 24.1 Å². The van der Waals surface area contributed by atoms with Crippen LogP contribution in [0.15, 0.2) is 24.7 Å². The third-order valence-corrected chi connectivity index (χ3v) is 4.80. The summed E-state index contributed by atoms with van der Waals surface area (Å²) in [4.78, 5) is 4.59. The second-order valence-electron chi connectivity index (χ2n) is 6.39. The Morgan fingerprint density at radius 3 is 3.20 bits per heavy atom. The average Bonchev–Trinajstić information content (AvgIpc) is 3.29. The van der Waals surface area contributed by atoms with Crippen molar-refractivity contribution in [1.82, 2.24) is 29.4 Å². The van der Waals surface area contributed by atoms with Crippen molar-refractivity contribution in [2.24, 2.45) is 5.92 Å². The molecule has 132 valence electrons. The molecule has 8 heteroatoms. The third kappa shape index (κ3) is 3.09. The molecule has 1 fully saturated rings. The molecule has 0 aliphatic carbocycles. The molecule has 4 rings (SSSR count). The molecule has 0 aromatic carbocycles. The Bertz CT molecular complexity index is 856. The largest absolute Gasteiger partial charge is 0.372 e. The average molecular weight is 341 g/mol. The van der Waals surface area contributed by atoms with Crippen LogP contribution >= 0.6 is 0 Å². The van der Waals surface area contributed by atoms with Crippen molar-refractivity contribution in [1.29, 1.82) is 0 Å². The lowest BCUT2D eigenvalue weighted by atomic mass is 9.92. The van der Waals surface area contributed by atoms with Crippen LogP contribution in [0.5, 0.6) is 0 Å². The summed E-state index contributed by atoms with van der Waals surface area (Å²) in [5.74, 6) is 2.07. The smallest absolute Gasteiger partial charge is 0.165 e. The molecule has 0 spiro atoms. The zero-order chi connectivity index (χ0) is 17.2. The van der Waals surface area contributed by atoms with Gasteiger partial charge in [-0.1, -0.05) is 0 Å². The first-order valence-electron chi connectivity index (χ1n) is 8.81. The Morgan fingerprint density at radius 1 is 1.40 bits per heavy atom. The van der Waals surface area contributed by atoms with Crippen molar-refractivity contribution < 1.29 is 4.74 Å². The molecule has 0 amide bonds. The van der Waals surface area contributed by atoms with Crippen molar-refractivity contribution >= 4 is 11.5 Å². The summed E-state index contributed by atoms with van der Waals surface area (Å²) in [5.41, 5.74) is 1.96. The maximum absolute atomic E-state index is 6.10. The number of fused-ring (bicyclic) bond motifs is 1. The van der Waals surface area contributed by atoms with Crippen LogP contribution in [0.4, 0.5) is 5.82 Å². The second-order valence-corrected chi connectivity index (χ2v) is 6.39. The summed E-state index contributed by atoms with van der Waals surface area (Å²) in [6, 6.07) is 3.99. The topological polar surface area (TPSA) is 82.2 Å². The molecule has 0 bridgehead atoms. The molecular weight excluding hydrogens is 318 g/mol. The SMILES string of the molecule is CCn1nccc1[C@@H]1OCCC[C@H]1CNc1cc2nncn2c(C)n1. The third-order valence-electron chi connectivity index (χ3n) is 4.80. The Labute approximate surface area is 146 Å². The Hall–Kier alpha value is -2.48. The van der Waals surface area contributed by atoms with Gasteiger partial charge in [-0.25, -0.2) is 4.98 Å². The van der Waals surface area contributed by atoms with Crippen LogP contribution in [0, 0.1) is 12.8 Å². The molecule has 1 aliphatic heterocycles. The predicted molar refractivity (Wildman–Crippen MR) is 93.3 cm³/mol. The van der Waals surface area contributed by atoms with Crippen molar-refractivity contribution in [2.75, 3.05) is 18.5 Å². The van der Waals surface area contributed by atoms with Crippen LogP contribution in [-0.2, 0) is 11.3 Å². The standard InChI is InChI=1S/C17H23N7O/c1-3-24-14(6-7-20-24)17-13(5-4-8-25-17)10-18-15-9-16-22-19-11-23(16)12(2)21-15/h6-7,9,11,13,17-18H,3-5,8,10H2,1-2H3/t13-,17+/m0/s1. The van der Waals surface area contributed by atoms with Gasteiger partial charge in [-0.05, 0) is 32.8 Å². The van der Waals surface area contributed by atoms with Crippen LogP contribution in [0.3, 0.4) is 0 Å². The maximum atomic E-state index is 6.10. The molecule has 0 saturated carbocycles. The van der Waals surface area contributed by atoms with Gasteiger partial charge < -0.3 is 10.1 Å². The van der Waals surface area contributed by atoms with Crippen molar-refractivity contribution in [3.63, 3.8) is 0 Å². The number of nitrogens with one attached hydrogen (secondary N) is 1. The Balaban J connectivity index is 1.51. The first kappa shape index (κ1) is 16.0. The van der Waals surface area contributed by atoms with E-state index in [1.807, 2.05) is 28.3 Å². The van der Waals surface area contributed by atoms with Gasteiger partial charge >= 0.3 is 0 Å². The molecule has 1 aliphatic rings. The first-order chi connectivity index (χ1) is 12.3. The number of hydrogen-bond donors (Lipinski definition) is 1. The zero-order valence-corrected chi connectivity index (χ0v) is 14.6.